The molecular weight excluding hydrogens is 350 g/mol. The molecule has 0 bridgehead atoms. The minimum Gasteiger partial charge on any atom is -0.480 e. The Morgan fingerprint density at radius 1 is 1.47 bits per heavy atom. The fourth-order valence-corrected chi connectivity index (χ4v) is 4.63. The first-order valence-corrected chi connectivity index (χ1v) is 8.68. The second kappa shape index (κ2) is 6.76. The van der Waals surface area contributed by atoms with Crippen LogP contribution >= 0.6 is 39.0 Å². The average Bonchev–Trinajstić information content (AvgIpc) is 2.97. The monoisotopic (exact) mass is 363 g/mol. The van der Waals surface area contributed by atoms with Gasteiger partial charge in [-0.05, 0) is 40.9 Å². The summed E-state index contributed by atoms with van der Waals surface area (Å²) in [7, 11) is 0. The number of thioether (sulfide) groups is 1. The van der Waals surface area contributed by atoms with E-state index in [1.54, 1.807) is 11.3 Å². The molecule has 4 nitrogen and oxygen atoms in total. The number of aryl methyl sites for hydroxylation is 1. The van der Waals surface area contributed by atoms with Crippen LogP contribution in [0, 0.1) is 0 Å². The number of hydrogen-bond acceptors (Lipinski definition) is 4. The molecule has 0 radical (unpaired) electrons. The summed E-state index contributed by atoms with van der Waals surface area (Å²) >= 11 is 6.58. The van der Waals surface area contributed by atoms with E-state index in [4.69, 9.17) is 5.11 Å². The van der Waals surface area contributed by atoms with Crippen LogP contribution in [0.2, 0.25) is 0 Å². The highest BCUT2D eigenvalue weighted by Gasteiger charge is 2.33. The lowest BCUT2D eigenvalue weighted by molar-refractivity contribution is -0.147. The molecular formula is C12H14BrNO3S2. The van der Waals surface area contributed by atoms with Crippen LogP contribution in [0.1, 0.15) is 17.7 Å². The number of amides is 1. The third kappa shape index (κ3) is 3.97. The van der Waals surface area contributed by atoms with Crippen molar-refractivity contribution in [2.24, 2.45) is 0 Å². The average molecular weight is 364 g/mol. The van der Waals surface area contributed by atoms with Crippen molar-refractivity contribution in [3.8, 4) is 0 Å². The van der Waals surface area contributed by atoms with Gasteiger partial charge in [0, 0.05) is 17.1 Å². The summed E-state index contributed by atoms with van der Waals surface area (Å²) in [5.74, 6) is 0.0489. The van der Waals surface area contributed by atoms with Gasteiger partial charge in [0.1, 0.15) is 6.04 Å². The Labute approximate surface area is 128 Å². The van der Waals surface area contributed by atoms with Crippen LogP contribution in [0.15, 0.2) is 15.9 Å². The molecule has 7 heteroatoms. The van der Waals surface area contributed by atoms with E-state index in [9.17, 15) is 9.59 Å². The van der Waals surface area contributed by atoms with Crippen LogP contribution < -0.4 is 0 Å². The van der Waals surface area contributed by atoms with Crippen molar-refractivity contribution in [1.82, 2.24) is 4.90 Å². The Hall–Kier alpha value is -0.530. The molecule has 1 aliphatic rings. The third-order valence-electron chi connectivity index (χ3n) is 2.93. The largest absolute Gasteiger partial charge is 0.480 e. The highest BCUT2D eigenvalue weighted by Crippen LogP contribution is 2.25. The summed E-state index contributed by atoms with van der Waals surface area (Å²) in [5, 5.41) is 9.03. The molecule has 1 amide bonds. The molecule has 1 N–H and O–H groups in total. The van der Waals surface area contributed by atoms with E-state index in [1.165, 1.54) is 21.5 Å². The summed E-state index contributed by atoms with van der Waals surface area (Å²) < 4.78 is 1.09. The predicted molar refractivity (Wildman–Crippen MR) is 80.6 cm³/mol. The van der Waals surface area contributed by atoms with Crippen LogP contribution in [0.4, 0.5) is 0 Å². The molecule has 0 aliphatic carbocycles. The number of rotatable bonds is 5. The van der Waals surface area contributed by atoms with E-state index in [0.717, 1.165) is 16.6 Å². The normalized spacial score (nSPS) is 18.8. The molecule has 0 unspecified atom stereocenters. The molecule has 2 heterocycles. The molecule has 0 aromatic carbocycles. The maximum absolute atomic E-state index is 12.0. The van der Waals surface area contributed by atoms with Gasteiger partial charge in [-0.1, -0.05) is 0 Å². The molecule has 1 aromatic heterocycles. The Kier molecular flexibility index (Phi) is 5.29. The zero-order valence-electron chi connectivity index (χ0n) is 10.2. The minimum atomic E-state index is -0.902. The molecule has 1 atom stereocenters. The number of aliphatic carboxylic acids is 1. The SMILES string of the molecule is O=C(O)[C@@H]1CSCN1C(=O)CCCc1ccc(Br)s1. The molecule has 1 aromatic rings. The van der Waals surface area contributed by atoms with Crippen LogP contribution in [0.25, 0.3) is 0 Å². The number of carbonyl (C=O) groups excluding carboxylic acids is 1. The molecule has 104 valence electrons. The van der Waals surface area contributed by atoms with Crippen LogP contribution in [0.3, 0.4) is 0 Å². The second-order valence-corrected chi connectivity index (χ2v) is 7.82. The van der Waals surface area contributed by atoms with Gasteiger partial charge in [0.25, 0.3) is 0 Å². The van der Waals surface area contributed by atoms with E-state index in [-0.39, 0.29) is 5.91 Å². The Balaban J connectivity index is 1.79. The molecule has 1 aliphatic heterocycles. The van der Waals surface area contributed by atoms with Gasteiger partial charge in [-0.2, -0.15) is 0 Å². The summed E-state index contributed by atoms with van der Waals surface area (Å²) in [5.41, 5.74) is 0. The molecule has 19 heavy (non-hydrogen) atoms. The van der Waals surface area contributed by atoms with Gasteiger partial charge < -0.3 is 10.0 Å². The van der Waals surface area contributed by atoms with E-state index in [2.05, 4.69) is 15.9 Å². The van der Waals surface area contributed by atoms with E-state index < -0.39 is 12.0 Å². The Morgan fingerprint density at radius 3 is 2.89 bits per heavy atom. The van der Waals surface area contributed by atoms with Crippen LogP contribution in [-0.4, -0.2) is 39.6 Å². The number of thiophene rings is 1. The smallest absolute Gasteiger partial charge is 0.327 e. The van der Waals surface area contributed by atoms with Gasteiger partial charge >= 0.3 is 5.97 Å². The highest BCUT2D eigenvalue weighted by molar-refractivity contribution is 9.11. The highest BCUT2D eigenvalue weighted by atomic mass is 79.9. The summed E-state index contributed by atoms with van der Waals surface area (Å²) in [6.07, 6.45) is 2.04. The molecule has 1 fully saturated rings. The van der Waals surface area contributed by atoms with Crippen LogP contribution in [0.5, 0.6) is 0 Å². The van der Waals surface area contributed by atoms with Gasteiger partial charge in [-0.25, -0.2) is 4.79 Å². The van der Waals surface area contributed by atoms with Gasteiger partial charge in [-0.15, -0.1) is 23.1 Å². The summed E-state index contributed by atoms with van der Waals surface area (Å²) in [6, 6.07) is 3.40. The lowest BCUT2D eigenvalue weighted by atomic mass is 10.2. The van der Waals surface area contributed by atoms with Crippen molar-refractivity contribution in [2.75, 3.05) is 11.6 Å². The molecule has 0 spiro atoms. The number of hydrogen-bond donors (Lipinski definition) is 1. The number of carboxylic acid groups (broad SMARTS) is 1. The van der Waals surface area contributed by atoms with E-state index in [1.807, 2.05) is 12.1 Å². The second-order valence-electron chi connectivity index (χ2n) is 4.28. The fourth-order valence-electron chi connectivity index (χ4n) is 1.94. The van der Waals surface area contributed by atoms with Crippen molar-refractivity contribution in [3.63, 3.8) is 0 Å². The van der Waals surface area contributed by atoms with Crippen molar-refractivity contribution in [2.45, 2.75) is 25.3 Å². The van der Waals surface area contributed by atoms with E-state index >= 15 is 0 Å². The van der Waals surface area contributed by atoms with E-state index in [0.29, 0.717) is 18.1 Å². The van der Waals surface area contributed by atoms with Crippen molar-refractivity contribution in [3.05, 3.63) is 20.8 Å². The number of carboxylic acids is 1. The van der Waals surface area contributed by atoms with Crippen molar-refractivity contribution < 1.29 is 14.7 Å². The van der Waals surface area contributed by atoms with Gasteiger partial charge in [0.2, 0.25) is 5.91 Å². The zero-order valence-corrected chi connectivity index (χ0v) is 13.4. The quantitative estimate of drug-likeness (QED) is 0.873. The lowest BCUT2D eigenvalue weighted by Gasteiger charge is -2.20. The van der Waals surface area contributed by atoms with Gasteiger partial charge in [0.15, 0.2) is 0 Å². The molecule has 1 saturated heterocycles. The number of nitrogens with zero attached hydrogens (tertiary/aromatic N) is 1. The number of halogens is 1. The minimum absolute atomic E-state index is 0.0481. The summed E-state index contributed by atoms with van der Waals surface area (Å²) in [6.45, 7) is 0. The Morgan fingerprint density at radius 2 is 2.26 bits per heavy atom. The fraction of sp³-hybridized carbons (Fsp3) is 0.500. The predicted octanol–water partition coefficient (Wildman–Crippen LogP) is 2.82. The van der Waals surface area contributed by atoms with Crippen molar-refractivity contribution in [1.29, 1.82) is 0 Å². The van der Waals surface area contributed by atoms with Crippen LogP contribution in [-0.2, 0) is 16.0 Å². The number of carbonyl (C=O) groups is 2. The summed E-state index contributed by atoms with van der Waals surface area (Å²) in [4.78, 5) is 25.7. The first-order chi connectivity index (χ1) is 9.08. The third-order valence-corrected chi connectivity index (χ3v) is 5.63. The van der Waals surface area contributed by atoms with Crippen molar-refractivity contribution >= 4 is 50.9 Å². The molecule has 0 saturated carbocycles. The first-order valence-electron chi connectivity index (χ1n) is 5.92. The maximum Gasteiger partial charge on any atom is 0.327 e. The standard InChI is InChI=1S/C12H14BrNO3S2/c13-10-5-4-8(19-10)2-1-3-11(15)14-7-18-6-9(14)12(16)17/h4-5,9H,1-3,6-7H2,(H,16,17)/t9-/m0/s1. The topological polar surface area (TPSA) is 57.6 Å². The lowest BCUT2D eigenvalue weighted by Crippen LogP contribution is -2.41. The maximum atomic E-state index is 12.0. The Bertz CT molecular complexity index is 477. The zero-order chi connectivity index (χ0) is 13.8. The molecule has 2 rings (SSSR count). The van der Waals surface area contributed by atoms with Gasteiger partial charge in [0.05, 0.1) is 9.66 Å². The van der Waals surface area contributed by atoms with Gasteiger partial charge in [-0.3, -0.25) is 4.79 Å². The first kappa shape index (κ1) is 14.9.